The number of aromatic amines is 1. The van der Waals surface area contributed by atoms with Crippen molar-refractivity contribution in [1.29, 1.82) is 0 Å². The van der Waals surface area contributed by atoms with Gasteiger partial charge in [0.2, 0.25) is 5.88 Å². The predicted molar refractivity (Wildman–Crippen MR) is 69.5 cm³/mol. The zero-order valence-corrected chi connectivity index (χ0v) is 10.8. The van der Waals surface area contributed by atoms with Gasteiger partial charge in [0.05, 0.1) is 11.3 Å². The molecule has 0 amide bonds. The van der Waals surface area contributed by atoms with Gasteiger partial charge >= 0.3 is 0 Å². The van der Waals surface area contributed by atoms with Crippen molar-refractivity contribution in [3.05, 3.63) is 21.7 Å². The minimum absolute atomic E-state index is 0.113. The highest BCUT2D eigenvalue weighted by Crippen LogP contribution is 2.30. The molecule has 2 N–H and O–H groups in total. The Morgan fingerprint density at radius 2 is 2.18 bits per heavy atom. The van der Waals surface area contributed by atoms with Crippen molar-refractivity contribution in [2.75, 3.05) is 0 Å². The first-order valence-electron chi connectivity index (χ1n) is 6.13. The lowest BCUT2D eigenvalue weighted by molar-refractivity contribution is 0.441. The Morgan fingerprint density at radius 1 is 1.47 bits per heavy atom. The molecule has 0 saturated heterocycles. The summed E-state index contributed by atoms with van der Waals surface area (Å²) >= 11 is 1.82. The van der Waals surface area contributed by atoms with Crippen molar-refractivity contribution in [3.8, 4) is 5.88 Å². The summed E-state index contributed by atoms with van der Waals surface area (Å²) in [4.78, 5) is 18.4. The van der Waals surface area contributed by atoms with Crippen LogP contribution in [0.3, 0.4) is 0 Å². The average Bonchev–Trinajstić information content (AvgIpc) is 2.79. The minimum atomic E-state index is -0.206. The molecule has 1 aliphatic carbocycles. The molecule has 1 aromatic heterocycles. The van der Waals surface area contributed by atoms with Crippen molar-refractivity contribution >= 4 is 11.8 Å². The lowest BCUT2D eigenvalue weighted by Gasteiger charge is -2.08. The van der Waals surface area contributed by atoms with Gasteiger partial charge in [-0.3, -0.25) is 4.79 Å². The lowest BCUT2D eigenvalue weighted by atomic mass is 10.2. The van der Waals surface area contributed by atoms with Crippen LogP contribution in [0.4, 0.5) is 0 Å². The van der Waals surface area contributed by atoms with E-state index in [2.05, 4.69) is 9.97 Å². The summed E-state index contributed by atoms with van der Waals surface area (Å²) in [5, 5.41) is 10.3. The summed E-state index contributed by atoms with van der Waals surface area (Å²) in [6.45, 7) is 1.83. The van der Waals surface area contributed by atoms with Gasteiger partial charge in [0.1, 0.15) is 5.82 Å². The maximum atomic E-state index is 11.6. The molecule has 1 saturated carbocycles. The van der Waals surface area contributed by atoms with E-state index in [1.54, 1.807) is 0 Å². The monoisotopic (exact) mass is 254 g/mol. The van der Waals surface area contributed by atoms with E-state index < -0.39 is 0 Å². The van der Waals surface area contributed by atoms with E-state index in [-0.39, 0.29) is 11.4 Å². The molecule has 2 rings (SSSR count). The zero-order valence-electron chi connectivity index (χ0n) is 10.0. The quantitative estimate of drug-likeness (QED) is 0.864. The Balaban J connectivity index is 2.03. The van der Waals surface area contributed by atoms with Gasteiger partial charge in [-0.15, -0.1) is 0 Å². The molecule has 0 radical (unpaired) electrons. The van der Waals surface area contributed by atoms with Crippen LogP contribution in [0, 0.1) is 0 Å². The molecule has 5 heteroatoms. The first kappa shape index (κ1) is 12.5. The van der Waals surface area contributed by atoms with Gasteiger partial charge in [-0.05, 0) is 19.3 Å². The van der Waals surface area contributed by atoms with Crippen molar-refractivity contribution in [3.63, 3.8) is 0 Å². The van der Waals surface area contributed by atoms with E-state index in [0.717, 1.165) is 0 Å². The molecule has 0 spiro atoms. The summed E-state index contributed by atoms with van der Waals surface area (Å²) in [6.07, 6.45) is 5.63. The van der Waals surface area contributed by atoms with Crippen molar-refractivity contribution in [1.82, 2.24) is 9.97 Å². The molecule has 94 valence electrons. The SMILES string of the molecule is CCc1c(O)nc(CSC2CCCC2)[nH]c1=O. The third kappa shape index (κ3) is 3.03. The Labute approximate surface area is 105 Å². The molecule has 0 aromatic carbocycles. The summed E-state index contributed by atoms with van der Waals surface area (Å²) in [7, 11) is 0. The largest absolute Gasteiger partial charge is 0.493 e. The van der Waals surface area contributed by atoms with E-state index in [9.17, 15) is 9.90 Å². The molecule has 1 heterocycles. The van der Waals surface area contributed by atoms with Gasteiger partial charge in [0.25, 0.3) is 5.56 Å². The summed E-state index contributed by atoms with van der Waals surface area (Å²) in [6, 6.07) is 0. The molecular formula is C12H18N2O2S. The van der Waals surface area contributed by atoms with E-state index in [0.29, 0.717) is 28.8 Å². The molecule has 4 nitrogen and oxygen atoms in total. The Bertz CT molecular complexity index is 439. The first-order valence-corrected chi connectivity index (χ1v) is 7.18. The van der Waals surface area contributed by atoms with Crippen LogP contribution >= 0.6 is 11.8 Å². The van der Waals surface area contributed by atoms with Crippen LogP contribution in [0.15, 0.2) is 4.79 Å². The van der Waals surface area contributed by atoms with Crippen LogP contribution in [-0.2, 0) is 12.2 Å². The Morgan fingerprint density at radius 3 is 2.76 bits per heavy atom. The molecule has 0 aliphatic heterocycles. The highest BCUT2D eigenvalue weighted by Gasteiger charge is 2.16. The van der Waals surface area contributed by atoms with Crippen LogP contribution in [0.25, 0.3) is 0 Å². The minimum Gasteiger partial charge on any atom is -0.493 e. The first-order chi connectivity index (χ1) is 8.20. The van der Waals surface area contributed by atoms with Gasteiger partial charge in [0, 0.05) is 5.25 Å². The highest BCUT2D eigenvalue weighted by molar-refractivity contribution is 7.99. The molecule has 17 heavy (non-hydrogen) atoms. The fourth-order valence-corrected chi connectivity index (χ4v) is 3.37. The second-order valence-electron chi connectivity index (χ2n) is 4.39. The molecule has 1 aromatic rings. The van der Waals surface area contributed by atoms with Crippen molar-refractivity contribution < 1.29 is 5.11 Å². The average molecular weight is 254 g/mol. The number of rotatable bonds is 4. The summed E-state index contributed by atoms with van der Waals surface area (Å²) < 4.78 is 0. The maximum Gasteiger partial charge on any atom is 0.257 e. The second-order valence-corrected chi connectivity index (χ2v) is 5.67. The number of nitrogens with one attached hydrogen (secondary N) is 1. The van der Waals surface area contributed by atoms with Crippen LogP contribution in [-0.4, -0.2) is 20.3 Å². The van der Waals surface area contributed by atoms with E-state index in [1.807, 2.05) is 18.7 Å². The molecule has 0 bridgehead atoms. The third-order valence-electron chi connectivity index (χ3n) is 3.15. The number of thioether (sulfide) groups is 1. The molecule has 0 unspecified atom stereocenters. The predicted octanol–water partition coefficient (Wildman–Crippen LogP) is 2.21. The normalized spacial score (nSPS) is 16.5. The highest BCUT2D eigenvalue weighted by atomic mass is 32.2. The third-order valence-corrected chi connectivity index (χ3v) is 4.54. The van der Waals surface area contributed by atoms with E-state index in [4.69, 9.17) is 0 Å². The smallest absolute Gasteiger partial charge is 0.257 e. The molecule has 1 fully saturated rings. The lowest BCUT2D eigenvalue weighted by Crippen LogP contribution is -2.16. The van der Waals surface area contributed by atoms with Gasteiger partial charge in [-0.25, -0.2) is 0 Å². The molecule has 1 aliphatic rings. The van der Waals surface area contributed by atoms with Gasteiger partial charge in [-0.1, -0.05) is 19.8 Å². The second kappa shape index (κ2) is 5.58. The summed E-state index contributed by atoms with van der Waals surface area (Å²) in [5.41, 5.74) is 0.168. The maximum absolute atomic E-state index is 11.6. The van der Waals surface area contributed by atoms with E-state index >= 15 is 0 Å². The van der Waals surface area contributed by atoms with Gasteiger partial charge in [0.15, 0.2) is 0 Å². The topological polar surface area (TPSA) is 66.0 Å². The Kier molecular flexibility index (Phi) is 4.10. The van der Waals surface area contributed by atoms with Crippen LogP contribution in [0.5, 0.6) is 5.88 Å². The number of hydrogen-bond donors (Lipinski definition) is 2. The van der Waals surface area contributed by atoms with Crippen LogP contribution < -0.4 is 5.56 Å². The van der Waals surface area contributed by atoms with E-state index in [1.165, 1.54) is 25.7 Å². The number of aromatic hydroxyl groups is 1. The van der Waals surface area contributed by atoms with Crippen molar-refractivity contribution in [2.24, 2.45) is 0 Å². The fourth-order valence-electron chi connectivity index (χ4n) is 2.17. The van der Waals surface area contributed by atoms with Gasteiger partial charge in [-0.2, -0.15) is 16.7 Å². The standard InChI is InChI=1S/C12H18N2O2S/c1-2-9-11(15)13-10(14-12(9)16)7-17-8-5-3-4-6-8/h8H,2-7H2,1H3,(H2,13,14,15,16). The Hall–Kier alpha value is -0.970. The van der Waals surface area contributed by atoms with Crippen LogP contribution in [0.2, 0.25) is 0 Å². The van der Waals surface area contributed by atoms with Crippen molar-refractivity contribution in [2.45, 2.75) is 50.0 Å². The number of H-pyrrole nitrogens is 1. The summed E-state index contributed by atoms with van der Waals surface area (Å²) in [5.74, 6) is 1.15. The number of nitrogens with zero attached hydrogens (tertiary/aromatic N) is 1. The zero-order chi connectivity index (χ0) is 12.3. The molecular weight excluding hydrogens is 236 g/mol. The fraction of sp³-hybridized carbons (Fsp3) is 0.667. The van der Waals surface area contributed by atoms with Gasteiger partial charge < -0.3 is 10.1 Å². The number of hydrogen-bond acceptors (Lipinski definition) is 4. The van der Waals surface area contributed by atoms with Crippen LogP contribution in [0.1, 0.15) is 44.0 Å². The number of aromatic nitrogens is 2. The molecule has 0 atom stereocenters.